The zero-order valence-corrected chi connectivity index (χ0v) is 22.6. The fourth-order valence-electron chi connectivity index (χ4n) is 4.82. The summed E-state index contributed by atoms with van der Waals surface area (Å²) in [6.07, 6.45) is 2.70. The minimum absolute atomic E-state index is 0.0356. The van der Waals surface area contributed by atoms with Crippen molar-refractivity contribution in [2.24, 2.45) is 0 Å². The molecular weight excluding hydrogens is 482 g/mol. The molecule has 194 valence electrons. The minimum atomic E-state index is -0.217. The topological polar surface area (TPSA) is 61.9 Å². The molecule has 2 aromatic carbocycles. The molecule has 1 atom stereocenters. The van der Waals surface area contributed by atoms with E-state index in [-0.39, 0.29) is 30.6 Å². The van der Waals surface area contributed by atoms with Crippen LogP contribution < -0.4 is 10.1 Å². The molecule has 2 heterocycles. The Morgan fingerprint density at radius 3 is 2.49 bits per heavy atom. The van der Waals surface area contributed by atoms with E-state index in [2.05, 4.69) is 42.7 Å². The second-order valence-corrected chi connectivity index (χ2v) is 11.3. The van der Waals surface area contributed by atoms with E-state index in [4.69, 9.17) is 4.74 Å². The molecule has 0 radical (unpaired) electrons. The van der Waals surface area contributed by atoms with Gasteiger partial charge in [0.15, 0.2) is 0 Å². The summed E-state index contributed by atoms with van der Waals surface area (Å²) in [7, 11) is 0. The summed E-state index contributed by atoms with van der Waals surface area (Å²) in [5, 5.41) is 5.07. The Balaban J connectivity index is 1.28. The normalized spacial score (nSPS) is 16.9. The van der Waals surface area contributed by atoms with Crippen molar-refractivity contribution in [2.75, 3.05) is 25.0 Å². The molecule has 6 nitrogen and oxygen atoms in total. The van der Waals surface area contributed by atoms with Crippen molar-refractivity contribution in [1.29, 1.82) is 0 Å². The average Bonchev–Trinajstić information content (AvgIpc) is 3.62. The Hall–Kier alpha value is -3.32. The van der Waals surface area contributed by atoms with Crippen LogP contribution in [0.15, 0.2) is 60.0 Å². The number of carbonyl (C=O) groups excluding carboxylic acids is 2. The fourth-order valence-corrected chi connectivity index (χ4v) is 5.75. The number of urea groups is 1. The van der Waals surface area contributed by atoms with Crippen LogP contribution in [0.25, 0.3) is 0 Å². The monoisotopic (exact) mass is 517 g/mol. The molecule has 1 aliphatic carbocycles. The lowest BCUT2D eigenvalue weighted by atomic mass is 10.00. The molecule has 3 aromatic rings. The smallest absolute Gasteiger partial charge is 0.322 e. The van der Waals surface area contributed by atoms with Crippen LogP contribution in [0.2, 0.25) is 0 Å². The van der Waals surface area contributed by atoms with Crippen molar-refractivity contribution in [3.05, 3.63) is 81.5 Å². The quantitative estimate of drug-likeness (QED) is 0.377. The highest BCUT2D eigenvalue weighted by molar-refractivity contribution is 7.10. The zero-order chi connectivity index (χ0) is 25.9. The van der Waals surface area contributed by atoms with Crippen LogP contribution >= 0.6 is 11.3 Å². The number of nitrogens with one attached hydrogen (secondary N) is 1. The van der Waals surface area contributed by atoms with Gasteiger partial charge in [0.25, 0.3) is 0 Å². The first-order valence-corrected chi connectivity index (χ1v) is 14.0. The van der Waals surface area contributed by atoms with Crippen molar-refractivity contribution in [1.82, 2.24) is 9.80 Å². The number of fused-ring (bicyclic) bond motifs is 1. The van der Waals surface area contributed by atoms with Gasteiger partial charge in [-0.1, -0.05) is 43.7 Å². The molecule has 1 N–H and O–H groups in total. The third-order valence-corrected chi connectivity index (χ3v) is 8.22. The van der Waals surface area contributed by atoms with Gasteiger partial charge < -0.3 is 19.9 Å². The summed E-state index contributed by atoms with van der Waals surface area (Å²) in [5.74, 6) is 1.23. The SMILES string of the molecule is Cc1ccc(NC(=O)N(CC(=O)N2CCc3sccc3[C@H]2COc2ccc(C(C)C)cc2)C2CC2)cc1. The number of anilines is 1. The number of carbonyl (C=O) groups is 2. The van der Waals surface area contributed by atoms with E-state index in [1.165, 1.54) is 10.4 Å². The lowest BCUT2D eigenvalue weighted by molar-refractivity contribution is -0.135. The van der Waals surface area contributed by atoms with Gasteiger partial charge in [-0.3, -0.25) is 4.79 Å². The van der Waals surface area contributed by atoms with Crippen LogP contribution in [0.3, 0.4) is 0 Å². The third-order valence-electron chi connectivity index (χ3n) is 7.23. The summed E-state index contributed by atoms with van der Waals surface area (Å²) in [6.45, 7) is 7.44. The van der Waals surface area contributed by atoms with E-state index in [9.17, 15) is 9.59 Å². The lowest BCUT2D eigenvalue weighted by Crippen LogP contribution is -2.49. The predicted octanol–water partition coefficient (Wildman–Crippen LogP) is 6.38. The highest BCUT2D eigenvalue weighted by Gasteiger charge is 2.38. The Morgan fingerprint density at radius 2 is 1.81 bits per heavy atom. The number of hydrogen-bond donors (Lipinski definition) is 1. The number of aryl methyl sites for hydroxylation is 1. The summed E-state index contributed by atoms with van der Waals surface area (Å²) in [4.78, 5) is 31.7. The van der Waals surface area contributed by atoms with Gasteiger partial charge >= 0.3 is 6.03 Å². The molecule has 0 unspecified atom stereocenters. The van der Waals surface area contributed by atoms with Crippen molar-refractivity contribution in [3.8, 4) is 5.75 Å². The van der Waals surface area contributed by atoms with Gasteiger partial charge in [-0.05, 0) is 78.9 Å². The standard InChI is InChI=1S/C30H35N3O3S/c1-20(2)22-6-12-25(13-7-22)36-19-27-26-15-17-37-28(26)14-16-32(27)29(34)18-33(24-10-11-24)30(35)31-23-8-4-21(3)5-9-23/h4-9,12-13,15,17,20,24,27H,10-11,14,16,18-19H2,1-3H3,(H,31,35)/t27-/m1/s1. The van der Waals surface area contributed by atoms with Gasteiger partial charge in [0, 0.05) is 23.2 Å². The molecule has 1 aliphatic heterocycles. The van der Waals surface area contributed by atoms with Crippen molar-refractivity contribution < 1.29 is 14.3 Å². The van der Waals surface area contributed by atoms with Gasteiger partial charge in [-0.15, -0.1) is 11.3 Å². The van der Waals surface area contributed by atoms with E-state index in [1.54, 1.807) is 16.2 Å². The first kappa shape index (κ1) is 25.3. The van der Waals surface area contributed by atoms with Crippen LogP contribution in [-0.2, 0) is 11.2 Å². The number of nitrogens with zero attached hydrogens (tertiary/aromatic N) is 2. The van der Waals surface area contributed by atoms with Crippen molar-refractivity contribution in [3.63, 3.8) is 0 Å². The summed E-state index contributed by atoms with van der Waals surface area (Å²) in [5.41, 5.74) is 4.30. The second kappa shape index (κ2) is 11.0. The molecule has 2 aliphatic rings. The van der Waals surface area contributed by atoms with Crippen LogP contribution in [0.5, 0.6) is 5.75 Å². The van der Waals surface area contributed by atoms with Gasteiger partial charge in [0.1, 0.15) is 18.9 Å². The van der Waals surface area contributed by atoms with Crippen LogP contribution in [0.4, 0.5) is 10.5 Å². The van der Waals surface area contributed by atoms with Crippen molar-refractivity contribution >= 4 is 29.0 Å². The number of rotatable bonds is 8. The molecule has 1 aromatic heterocycles. The van der Waals surface area contributed by atoms with Crippen molar-refractivity contribution in [2.45, 2.75) is 58.0 Å². The van der Waals surface area contributed by atoms with Crippen LogP contribution in [0.1, 0.15) is 60.2 Å². The maximum Gasteiger partial charge on any atom is 0.322 e. The molecule has 37 heavy (non-hydrogen) atoms. The molecule has 0 spiro atoms. The first-order chi connectivity index (χ1) is 17.9. The van der Waals surface area contributed by atoms with Gasteiger partial charge in [-0.2, -0.15) is 0 Å². The molecule has 0 saturated heterocycles. The van der Waals surface area contributed by atoms with E-state index in [1.807, 2.05) is 48.2 Å². The number of hydrogen-bond acceptors (Lipinski definition) is 4. The van der Waals surface area contributed by atoms with Crippen LogP contribution in [-0.4, -0.2) is 47.5 Å². The lowest BCUT2D eigenvalue weighted by Gasteiger charge is -2.37. The first-order valence-electron chi connectivity index (χ1n) is 13.1. The highest BCUT2D eigenvalue weighted by Crippen LogP contribution is 2.35. The Labute approximate surface area is 223 Å². The van der Waals surface area contributed by atoms with E-state index >= 15 is 0 Å². The average molecular weight is 518 g/mol. The molecular formula is C30H35N3O3S. The number of amides is 3. The maximum absolute atomic E-state index is 13.7. The summed E-state index contributed by atoms with van der Waals surface area (Å²) >= 11 is 1.74. The Kier molecular flexibility index (Phi) is 7.51. The fraction of sp³-hybridized carbons (Fsp3) is 0.400. The maximum atomic E-state index is 13.7. The van der Waals surface area contributed by atoms with Gasteiger partial charge in [0.05, 0.1) is 6.04 Å². The largest absolute Gasteiger partial charge is 0.491 e. The number of benzene rings is 2. The predicted molar refractivity (Wildman–Crippen MR) is 148 cm³/mol. The molecule has 1 saturated carbocycles. The van der Waals surface area contributed by atoms with E-state index < -0.39 is 0 Å². The molecule has 3 amide bonds. The Morgan fingerprint density at radius 1 is 1.08 bits per heavy atom. The molecule has 5 rings (SSSR count). The number of thiophene rings is 1. The second-order valence-electron chi connectivity index (χ2n) is 10.3. The highest BCUT2D eigenvalue weighted by atomic mass is 32.1. The van der Waals surface area contributed by atoms with Gasteiger partial charge in [0.2, 0.25) is 5.91 Å². The molecule has 0 bridgehead atoms. The van der Waals surface area contributed by atoms with E-state index in [0.717, 1.165) is 41.8 Å². The molecule has 1 fully saturated rings. The van der Waals surface area contributed by atoms with E-state index in [0.29, 0.717) is 19.1 Å². The number of ether oxygens (including phenoxy) is 1. The third kappa shape index (κ3) is 5.99. The minimum Gasteiger partial charge on any atom is -0.491 e. The van der Waals surface area contributed by atoms with Crippen LogP contribution in [0, 0.1) is 6.92 Å². The Bertz CT molecular complexity index is 1230. The summed E-state index contributed by atoms with van der Waals surface area (Å²) < 4.78 is 6.21. The van der Waals surface area contributed by atoms with Gasteiger partial charge in [-0.25, -0.2) is 4.79 Å². The molecule has 7 heteroatoms. The zero-order valence-electron chi connectivity index (χ0n) is 21.8. The summed E-state index contributed by atoms with van der Waals surface area (Å²) in [6, 6.07) is 17.8.